The zero-order chi connectivity index (χ0) is 17.7. The highest BCUT2D eigenvalue weighted by Crippen LogP contribution is 2.48. The van der Waals surface area contributed by atoms with Gasteiger partial charge in [-0.05, 0) is 51.0 Å². The number of nitrogen functional groups attached to an aromatic ring is 1. The molecule has 2 bridgehead atoms. The van der Waals surface area contributed by atoms with E-state index in [1.807, 2.05) is 0 Å². The number of hydrogen-bond acceptors (Lipinski definition) is 6. The first-order valence-corrected chi connectivity index (χ1v) is 9.54. The summed E-state index contributed by atoms with van der Waals surface area (Å²) in [4.78, 5) is 10.4. The summed E-state index contributed by atoms with van der Waals surface area (Å²) in [7, 11) is 6.33. The molecule has 130 valence electrons. The maximum absolute atomic E-state index is 9.76. The van der Waals surface area contributed by atoms with E-state index >= 15 is 0 Å². The van der Waals surface area contributed by atoms with Gasteiger partial charge in [-0.3, -0.25) is 4.90 Å². The van der Waals surface area contributed by atoms with E-state index in [0.29, 0.717) is 23.5 Å². The van der Waals surface area contributed by atoms with Crippen LogP contribution in [-0.2, 0) is 13.0 Å². The van der Waals surface area contributed by atoms with Gasteiger partial charge >= 0.3 is 0 Å². The lowest BCUT2D eigenvalue weighted by Crippen LogP contribution is -2.35. The quantitative estimate of drug-likeness (QED) is 0.918. The van der Waals surface area contributed by atoms with Crippen LogP contribution in [0.5, 0.6) is 0 Å². The number of pyridine rings is 1. The Bertz CT molecular complexity index is 863. The van der Waals surface area contributed by atoms with Gasteiger partial charge in [-0.15, -0.1) is 11.3 Å². The molecule has 0 radical (unpaired) electrons. The molecule has 2 aromatic rings. The maximum atomic E-state index is 9.76. The summed E-state index contributed by atoms with van der Waals surface area (Å²) in [5.41, 5.74) is 11.3. The van der Waals surface area contributed by atoms with Crippen LogP contribution in [0.3, 0.4) is 0 Å². The summed E-state index contributed by atoms with van der Waals surface area (Å²) >= 11 is 1.70. The highest BCUT2D eigenvalue weighted by molar-refractivity contribution is 7.13. The fraction of sp³-hybridized carbons (Fsp3) is 0.474. The lowest BCUT2D eigenvalue weighted by molar-refractivity contribution is 0.222. The van der Waals surface area contributed by atoms with Gasteiger partial charge in [-0.25, -0.2) is 4.98 Å². The molecule has 0 unspecified atom stereocenters. The number of nitrogens with two attached hydrogens (primary N) is 1. The molecule has 4 heterocycles. The average molecular weight is 353 g/mol. The molecule has 2 aliphatic heterocycles. The third-order valence-corrected chi connectivity index (χ3v) is 6.45. The molecule has 25 heavy (non-hydrogen) atoms. The molecular formula is C19H23N5S. The lowest BCUT2D eigenvalue weighted by Gasteiger charge is -2.34. The fourth-order valence-corrected chi connectivity index (χ4v) is 5.31. The van der Waals surface area contributed by atoms with Crippen molar-refractivity contribution in [2.75, 3.05) is 26.9 Å². The fourth-order valence-electron chi connectivity index (χ4n) is 4.34. The van der Waals surface area contributed by atoms with Gasteiger partial charge in [0.15, 0.2) is 0 Å². The second kappa shape index (κ2) is 6.10. The van der Waals surface area contributed by atoms with Gasteiger partial charge in [0.05, 0.1) is 0 Å². The number of thiophene rings is 1. The summed E-state index contributed by atoms with van der Waals surface area (Å²) in [5, 5.41) is 11.9. The highest BCUT2D eigenvalue weighted by Gasteiger charge is 2.41. The number of rotatable bonds is 3. The van der Waals surface area contributed by atoms with E-state index in [1.165, 1.54) is 17.5 Å². The molecule has 0 aromatic carbocycles. The number of hydrogen-bond donors (Lipinski definition) is 1. The summed E-state index contributed by atoms with van der Waals surface area (Å²) in [6.07, 6.45) is 3.25. The van der Waals surface area contributed by atoms with Crippen molar-refractivity contribution in [1.82, 2.24) is 14.8 Å². The Hall–Kier alpha value is -1.94. The number of nitrogens with zero attached hydrogens (tertiary/aromatic N) is 4. The summed E-state index contributed by atoms with van der Waals surface area (Å²) in [5.74, 6) is 0.378. The second-order valence-corrected chi connectivity index (χ2v) is 8.30. The minimum atomic E-state index is 0.350. The third-order valence-electron chi connectivity index (χ3n) is 5.46. The van der Waals surface area contributed by atoms with E-state index in [0.717, 1.165) is 35.5 Å². The molecular weight excluding hydrogens is 330 g/mol. The van der Waals surface area contributed by atoms with Crippen LogP contribution >= 0.6 is 11.3 Å². The van der Waals surface area contributed by atoms with Gasteiger partial charge in [0.1, 0.15) is 17.5 Å². The number of aromatic nitrogens is 1. The van der Waals surface area contributed by atoms with Gasteiger partial charge in [-0.2, -0.15) is 5.26 Å². The number of nitriles is 1. The summed E-state index contributed by atoms with van der Waals surface area (Å²) < 4.78 is 0. The van der Waals surface area contributed by atoms with Crippen LogP contribution in [0.15, 0.2) is 11.4 Å². The van der Waals surface area contributed by atoms with Crippen molar-refractivity contribution in [3.63, 3.8) is 0 Å². The van der Waals surface area contributed by atoms with E-state index in [-0.39, 0.29) is 0 Å². The largest absolute Gasteiger partial charge is 0.383 e. The van der Waals surface area contributed by atoms with E-state index < -0.39 is 0 Å². The molecule has 4 rings (SSSR count). The molecule has 0 amide bonds. The molecule has 2 N–H and O–H groups in total. The van der Waals surface area contributed by atoms with E-state index in [2.05, 4.69) is 53.4 Å². The number of fused-ring (bicyclic) bond motifs is 4. The van der Waals surface area contributed by atoms with Crippen molar-refractivity contribution in [3.05, 3.63) is 33.8 Å². The molecule has 2 aliphatic rings. The molecule has 6 heteroatoms. The molecule has 0 saturated carbocycles. The predicted octanol–water partition coefficient (Wildman–Crippen LogP) is 3.02. The van der Waals surface area contributed by atoms with E-state index in [4.69, 9.17) is 5.73 Å². The van der Waals surface area contributed by atoms with Crippen molar-refractivity contribution in [3.8, 4) is 16.5 Å². The molecule has 2 aromatic heterocycles. The Morgan fingerprint density at radius 2 is 2.24 bits per heavy atom. The smallest absolute Gasteiger partial charge is 0.142 e. The van der Waals surface area contributed by atoms with Gasteiger partial charge in [0.25, 0.3) is 0 Å². The van der Waals surface area contributed by atoms with Gasteiger partial charge < -0.3 is 10.6 Å². The van der Waals surface area contributed by atoms with Crippen molar-refractivity contribution in [1.29, 1.82) is 5.26 Å². The Morgan fingerprint density at radius 3 is 2.96 bits per heavy atom. The Kier molecular flexibility index (Phi) is 4.03. The summed E-state index contributed by atoms with van der Waals surface area (Å²) in [6, 6.07) is 5.44. The zero-order valence-electron chi connectivity index (χ0n) is 14.9. The molecule has 1 saturated heterocycles. The Morgan fingerprint density at radius 1 is 1.44 bits per heavy atom. The standard InChI is InChI=1S/C19H23N5S/c1-23(2)9-11-6-16(25-10-11)17-13(8-20)19(21)22-14-7-12-4-5-15(18(14)17)24(12)3/h6,10,12,15H,4-5,7,9H2,1-3H3,(H2,21,22)/t12-,15+/m0/s1. The van der Waals surface area contributed by atoms with E-state index in [1.54, 1.807) is 11.3 Å². The predicted molar refractivity (Wildman–Crippen MR) is 101 cm³/mol. The van der Waals surface area contributed by atoms with Gasteiger partial charge in [-0.1, -0.05) is 0 Å². The van der Waals surface area contributed by atoms with E-state index in [9.17, 15) is 5.26 Å². The minimum Gasteiger partial charge on any atom is -0.383 e. The van der Waals surface area contributed by atoms with Crippen LogP contribution in [0.2, 0.25) is 0 Å². The van der Waals surface area contributed by atoms with Crippen LogP contribution in [0.25, 0.3) is 10.4 Å². The second-order valence-electron chi connectivity index (χ2n) is 7.39. The first-order chi connectivity index (χ1) is 12.0. The lowest BCUT2D eigenvalue weighted by atomic mass is 9.90. The Balaban J connectivity index is 1.91. The van der Waals surface area contributed by atoms with Crippen LogP contribution in [0.4, 0.5) is 5.82 Å². The summed E-state index contributed by atoms with van der Waals surface area (Å²) in [6.45, 7) is 0.895. The zero-order valence-corrected chi connectivity index (χ0v) is 15.7. The maximum Gasteiger partial charge on any atom is 0.142 e. The normalized spacial score (nSPS) is 22.2. The molecule has 1 fully saturated rings. The van der Waals surface area contributed by atoms with Crippen LogP contribution < -0.4 is 5.73 Å². The van der Waals surface area contributed by atoms with Crippen molar-refractivity contribution < 1.29 is 0 Å². The Labute approximate surface area is 152 Å². The van der Waals surface area contributed by atoms with Crippen molar-refractivity contribution >= 4 is 17.2 Å². The van der Waals surface area contributed by atoms with Crippen molar-refractivity contribution in [2.24, 2.45) is 0 Å². The van der Waals surface area contributed by atoms with Gasteiger partial charge in [0.2, 0.25) is 0 Å². The van der Waals surface area contributed by atoms with Crippen molar-refractivity contribution in [2.45, 2.75) is 37.9 Å². The van der Waals surface area contributed by atoms with Crippen LogP contribution in [-0.4, -0.2) is 42.0 Å². The molecule has 0 spiro atoms. The number of anilines is 1. The minimum absolute atomic E-state index is 0.350. The van der Waals surface area contributed by atoms with Gasteiger partial charge in [0, 0.05) is 46.7 Å². The average Bonchev–Trinajstić information content (AvgIpc) is 3.08. The molecule has 0 aliphatic carbocycles. The SMILES string of the molecule is CN(C)Cc1csc(-c2c(C#N)c(N)nc3c2[C@H]2CC[C@@H](C3)N2C)c1. The topological polar surface area (TPSA) is 69.2 Å². The monoisotopic (exact) mass is 353 g/mol. The first kappa shape index (κ1) is 16.5. The third kappa shape index (κ3) is 2.63. The first-order valence-electron chi connectivity index (χ1n) is 8.66. The number of likely N-dealkylation sites (N-methyl/N-ethyl adjacent to an activating group) is 1. The highest BCUT2D eigenvalue weighted by atomic mass is 32.1. The molecule has 2 atom stereocenters. The van der Waals surface area contributed by atoms with Crippen LogP contribution in [0, 0.1) is 11.3 Å². The van der Waals surface area contributed by atoms with Crippen LogP contribution in [0.1, 0.15) is 41.3 Å². The molecule has 5 nitrogen and oxygen atoms in total.